The molecule has 30 heavy (non-hydrogen) atoms. The summed E-state index contributed by atoms with van der Waals surface area (Å²) in [5.41, 5.74) is 5.47. The third kappa shape index (κ3) is 5.00. The Labute approximate surface area is 177 Å². The number of hydrogen-bond donors (Lipinski definition) is 0. The van der Waals surface area contributed by atoms with Gasteiger partial charge in [-0.15, -0.1) is 0 Å². The first kappa shape index (κ1) is 20.4. The summed E-state index contributed by atoms with van der Waals surface area (Å²) in [6.45, 7) is 4.90. The van der Waals surface area contributed by atoms with E-state index in [-0.39, 0.29) is 5.82 Å². The van der Waals surface area contributed by atoms with Crippen LogP contribution in [0, 0.1) is 12.7 Å². The summed E-state index contributed by atoms with van der Waals surface area (Å²) in [4.78, 5) is 18.0. The Kier molecular flexibility index (Phi) is 6.04. The van der Waals surface area contributed by atoms with Gasteiger partial charge < -0.3 is 4.90 Å². The van der Waals surface area contributed by atoms with E-state index in [2.05, 4.69) is 27.0 Å². The quantitative estimate of drug-likeness (QED) is 0.621. The van der Waals surface area contributed by atoms with E-state index in [1.54, 1.807) is 12.1 Å². The fourth-order valence-corrected chi connectivity index (χ4v) is 4.10. The molecule has 4 rings (SSSR count). The molecule has 0 bridgehead atoms. The third-order valence-corrected chi connectivity index (χ3v) is 5.52. The van der Waals surface area contributed by atoms with Crippen LogP contribution in [0.15, 0.2) is 48.8 Å². The molecular weight excluding hydrogens is 377 g/mol. The summed E-state index contributed by atoms with van der Waals surface area (Å²) in [5.74, 6) is 0.957. The minimum atomic E-state index is -0.187. The fourth-order valence-electron chi connectivity index (χ4n) is 4.10. The van der Waals surface area contributed by atoms with Gasteiger partial charge >= 0.3 is 0 Å². The minimum absolute atomic E-state index is 0.187. The summed E-state index contributed by atoms with van der Waals surface area (Å²) in [7, 11) is 3.88. The van der Waals surface area contributed by atoms with Crippen molar-refractivity contribution in [3.63, 3.8) is 0 Å². The molecule has 5 nitrogen and oxygen atoms in total. The molecule has 0 aliphatic carbocycles. The van der Waals surface area contributed by atoms with Crippen molar-refractivity contribution in [1.82, 2.24) is 19.9 Å². The van der Waals surface area contributed by atoms with Gasteiger partial charge in [-0.25, -0.2) is 14.4 Å². The highest BCUT2D eigenvalue weighted by atomic mass is 19.1. The number of aryl methyl sites for hydroxylation is 1. The van der Waals surface area contributed by atoms with Crippen LogP contribution in [0.5, 0.6) is 0 Å². The number of halogens is 1. The Morgan fingerprint density at radius 1 is 1.07 bits per heavy atom. The van der Waals surface area contributed by atoms with E-state index in [0.29, 0.717) is 5.92 Å². The first-order chi connectivity index (χ1) is 14.5. The number of benzene rings is 1. The molecule has 1 fully saturated rings. The van der Waals surface area contributed by atoms with Gasteiger partial charge in [0.05, 0.1) is 0 Å². The van der Waals surface area contributed by atoms with E-state index in [9.17, 15) is 4.39 Å². The molecule has 0 N–H and O–H groups in total. The Morgan fingerprint density at radius 2 is 1.87 bits per heavy atom. The third-order valence-electron chi connectivity index (χ3n) is 5.52. The zero-order chi connectivity index (χ0) is 21.1. The molecule has 156 valence electrons. The van der Waals surface area contributed by atoms with E-state index in [1.165, 1.54) is 11.6 Å². The highest BCUT2D eigenvalue weighted by Crippen LogP contribution is 2.28. The number of likely N-dealkylation sites (tertiary alicyclic amines) is 1. The lowest BCUT2D eigenvalue weighted by molar-refractivity contribution is 0.325. The molecule has 0 saturated carbocycles. The van der Waals surface area contributed by atoms with Crippen molar-refractivity contribution in [3.8, 4) is 0 Å². The van der Waals surface area contributed by atoms with Crippen molar-refractivity contribution >= 4 is 5.95 Å². The van der Waals surface area contributed by atoms with Crippen molar-refractivity contribution in [2.24, 2.45) is 0 Å². The smallest absolute Gasteiger partial charge is 0.224 e. The van der Waals surface area contributed by atoms with Crippen LogP contribution in [0.25, 0.3) is 0 Å². The molecule has 2 aromatic heterocycles. The van der Waals surface area contributed by atoms with E-state index < -0.39 is 0 Å². The van der Waals surface area contributed by atoms with Gasteiger partial charge in [0.25, 0.3) is 0 Å². The van der Waals surface area contributed by atoms with Crippen molar-refractivity contribution in [2.75, 3.05) is 32.1 Å². The summed E-state index contributed by atoms with van der Waals surface area (Å²) in [6.07, 6.45) is 5.64. The first-order valence-electron chi connectivity index (χ1n) is 10.4. The van der Waals surface area contributed by atoms with Gasteiger partial charge in [0, 0.05) is 62.4 Å². The minimum Gasteiger partial charge on any atom is -0.347 e. The average molecular weight is 406 g/mol. The SMILES string of the molecule is Cc1cc(Cc2cccc(F)c2)cc([C@H]2CCN(Cc3cnc(N(C)C)nc3)C2)n1. The second kappa shape index (κ2) is 8.88. The van der Waals surface area contributed by atoms with Crippen LogP contribution >= 0.6 is 0 Å². The molecule has 0 unspecified atom stereocenters. The second-order valence-corrected chi connectivity index (χ2v) is 8.35. The predicted octanol–water partition coefficient (Wildman–Crippen LogP) is 3.97. The van der Waals surface area contributed by atoms with Crippen LogP contribution < -0.4 is 4.90 Å². The summed E-state index contributed by atoms with van der Waals surface area (Å²) in [5, 5.41) is 0. The molecule has 1 aliphatic rings. The molecule has 1 aliphatic heterocycles. The number of rotatable bonds is 6. The van der Waals surface area contributed by atoms with Crippen LogP contribution in [0.3, 0.4) is 0 Å². The Bertz CT molecular complexity index is 1000. The van der Waals surface area contributed by atoms with Gasteiger partial charge in [0.15, 0.2) is 0 Å². The summed E-state index contributed by atoms with van der Waals surface area (Å²) >= 11 is 0. The largest absolute Gasteiger partial charge is 0.347 e. The maximum Gasteiger partial charge on any atom is 0.224 e. The second-order valence-electron chi connectivity index (χ2n) is 8.35. The Morgan fingerprint density at radius 3 is 2.60 bits per heavy atom. The van der Waals surface area contributed by atoms with Crippen molar-refractivity contribution in [2.45, 2.75) is 32.2 Å². The van der Waals surface area contributed by atoms with Crippen LogP contribution in [0.1, 0.15) is 40.4 Å². The van der Waals surface area contributed by atoms with E-state index in [4.69, 9.17) is 4.98 Å². The molecule has 0 spiro atoms. The number of aromatic nitrogens is 3. The molecule has 3 aromatic rings. The number of anilines is 1. The van der Waals surface area contributed by atoms with E-state index >= 15 is 0 Å². The fraction of sp³-hybridized carbons (Fsp3) is 0.375. The molecule has 6 heteroatoms. The zero-order valence-electron chi connectivity index (χ0n) is 17.8. The molecule has 1 aromatic carbocycles. The van der Waals surface area contributed by atoms with Gasteiger partial charge in [0.2, 0.25) is 5.95 Å². The lowest BCUT2D eigenvalue weighted by Crippen LogP contribution is -2.21. The van der Waals surface area contributed by atoms with Crippen LogP contribution in [0.4, 0.5) is 10.3 Å². The van der Waals surface area contributed by atoms with Crippen molar-refractivity contribution in [1.29, 1.82) is 0 Å². The van der Waals surface area contributed by atoms with Crippen LogP contribution in [0.2, 0.25) is 0 Å². The molecule has 1 atom stereocenters. The Balaban J connectivity index is 1.42. The van der Waals surface area contributed by atoms with Crippen molar-refractivity contribution < 1.29 is 4.39 Å². The number of nitrogens with zero attached hydrogens (tertiary/aromatic N) is 5. The summed E-state index contributed by atoms with van der Waals surface area (Å²) < 4.78 is 13.5. The number of pyridine rings is 1. The highest BCUT2D eigenvalue weighted by Gasteiger charge is 2.25. The average Bonchev–Trinajstić information content (AvgIpc) is 3.16. The standard InChI is InChI=1S/C24H28FN5/c1-17-9-19(10-18-5-4-6-22(25)11-18)12-23(28-17)21-7-8-30(16-21)15-20-13-26-24(27-14-20)29(2)3/h4-6,9,11-14,21H,7-8,10,15-16H2,1-3H3/t21-/m0/s1. The van der Waals surface area contributed by atoms with E-state index in [0.717, 1.165) is 60.9 Å². The normalized spacial score (nSPS) is 16.7. The van der Waals surface area contributed by atoms with Gasteiger partial charge in [-0.3, -0.25) is 9.88 Å². The van der Waals surface area contributed by atoms with Crippen molar-refractivity contribution in [3.05, 3.63) is 82.7 Å². The van der Waals surface area contributed by atoms with Gasteiger partial charge in [-0.2, -0.15) is 0 Å². The highest BCUT2D eigenvalue weighted by molar-refractivity contribution is 5.31. The topological polar surface area (TPSA) is 45.2 Å². The van der Waals surface area contributed by atoms with Gasteiger partial charge in [-0.1, -0.05) is 12.1 Å². The lowest BCUT2D eigenvalue weighted by atomic mass is 9.98. The molecule has 3 heterocycles. The maximum atomic E-state index is 13.5. The zero-order valence-corrected chi connectivity index (χ0v) is 17.8. The predicted molar refractivity (Wildman–Crippen MR) is 117 cm³/mol. The first-order valence-corrected chi connectivity index (χ1v) is 10.4. The van der Waals surface area contributed by atoms with Gasteiger partial charge in [-0.05, 0) is 61.7 Å². The van der Waals surface area contributed by atoms with E-state index in [1.807, 2.05) is 44.4 Å². The summed E-state index contributed by atoms with van der Waals surface area (Å²) in [6, 6.07) is 11.1. The molecular formula is C24H28FN5. The number of hydrogen-bond acceptors (Lipinski definition) is 5. The molecule has 0 radical (unpaired) electrons. The lowest BCUT2D eigenvalue weighted by Gasteiger charge is -2.17. The van der Waals surface area contributed by atoms with Crippen LogP contribution in [-0.4, -0.2) is 47.0 Å². The molecule has 0 amide bonds. The maximum absolute atomic E-state index is 13.5. The molecule has 1 saturated heterocycles. The van der Waals surface area contributed by atoms with Gasteiger partial charge in [0.1, 0.15) is 5.82 Å². The Hall–Kier alpha value is -2.86. The monoisotopic (exact) mass is 405 g/mol. The van der Waals surface area contributed by atoms with Crippen LogP contribution in [-0.2, 0) is 13.0 Å².